The van der Waals surface area contributed by atoms with E-state index in [2.05, 4.69) is 22.1 Å². The lowest BCUT2D eigenvalue weighted by molar-refractivity contribution is 0.0817. The number of thioether (sulfide) groups is 2. The minimum Gasteiger partial charge on any atom is -0.350 e. The average Bonchev–Trinajstić information content (AvgIpc) is 3.12. The molecule has 1 amide bonds. The van der Waals surface area contributed by atoms with E-state index in [-0.39, 0.29) is 11.4 Å². The summed E-state index contributed by atoms with van der Waals surface area (Å²) in [5, 5.41) is 4.18. The van der Waals surface area contributed by atoms with Crippen molar-refractivity contribution in [3.05, 3.63) is 23.9 Å². The highest BCUT2D eigenvalue weighted by molar-refractivity contribution is 7.99. The summed E-state index contributed by atoms with van der Waals surface area (Å²) in [6.07, 6.45) is 6.69. The van der Waals surface area contributed by atoms with E-state index >= 15 is 0 Å². The third-order valence-corrected chi connectivity index (χ3v) is 6.85. The minimum absolute atomic E-state index is 0.00760. The van der Waals surface area contributed by atoms with Crippen LogP contribution in [0.25, 0.3) is 0 Å². The molecule has 2 fully saturated rings. The van der Waals surface area contributed by atoms with Crippen LogP contribution in [0.3, 0.4) is 0 Å². The Labute approximate surface area is 153 Å². The van der Waals surface area contributed by atoms with Crippen LogP contribution in [0.1, 0.15) is 43.0 Å². The monoisotopic (exact) mass is 365 g/mol. The Morgan fingerprint density at radius 2 is 2.08 bits per heavy atom. The van der Waals surface area contributed by atoms with Gasteiger partial charge in [-0.15, -0.1) is 11.8 Å². The molecular formula is C18H27N3OS2. The maximum absolute atomic E-state index is 12.5. The Morgan fingerprint density at radius 1 is 1.33 bits per heavy atom. The number of nitrogens with zero attached hydrogens (tertiary/aromatic N) is 2. The number of amides is 1. The van der Waals surface area contributed by atoms with Gasteiger partial charge in [0, 0.05) is 42.9 Å². The first-order valence-electron chi connectivity index (χ1n) is 8.93. The molecule has 24 heavy (non-hydrogen) atoms. The zero-order chi connectivity index (χ0) is 16.8. The van der Waals surface area contributed by atoms with Crippen LogP contribution in [0, 0.1) is 0 Å². The van der Waals surface area contributed by atoms with Gasteiger partial charge in [0.15, 0.2) is 0 Å². The molecule has 1 saturated carbocycles. The molecule has 0 spiro atoms. The molecule has 6 heteroatoms. The van der Waals surface area contributed by atoms with Gasteiger partial charge >= 0.3 is 0 Å². The molecule has 1 aromatic heterocycles. The number of nitrogens with one attached hydrogen (secondary N) is 1. The van der Waals surface area contributed by atoms with Crippen LogP contribution in [-0.2, 0) is 0 Å². The van der Waals surface area contributed by atoms with Crippen molar-refractivity contribution in [1.82, 2.24) is 15.2 Å². The summed E-state index contributed by atoms with van der Waals surface area (Å²) in [4.78, 5) is 19.5. The predicted octanol–water partition coefficient (Wildman–Crippen LogP) is 3.29. The second-order valence-corrected chi connectivity index (χ2v) is 9.04. The van der Waals surface area contributed by atoms with Gasteiger partial charge in [-0.1, -0.05) is 19.8 Å². The van der Waals surface area contributed by atoms with Gasteiger partial charge in [0.1, 0.15) is 0 Å². The number of carbonyl (C=O) groups is 1. The highest BCUT2D eigenvalue weighted by Gasteiger charge is 2.40. The van der Waals surface area contributed by atoms with Crippen molar-refractivity contribution in [2.24, 2.45) is 0 Å². The van der Waals surface area contributed by atoms with Gasteiger partial charge in [0.05, 0.1) is 10.6 Å². The third kappa shape index (κ3) is 4.27. The van der Waals surface area contributed by atoms with Crippen LogP contribution in [0.2, 0.25) is 0 Å². The average molecular weight is 366 g/mol. The number of hydrogen-bond donors (Lipinski definition) is 1. The van der Waals surface area contributed by atoms with Crippen LogP contribution in [0.15, 0.2) is 23.4 Å². The molecule has 2 aliphatic rings. The fourth-order valence-corrected chi connectivity index (χ4v) is 5.26. The van der Waals surface area contributed by atoms with Crippen LogP contribution in [0.5, 0.6) is 0 Å². The zero-order valence-corrected chi connectivity index (χ0v) is 16.1. The first kappa shape index (κ1) is 18.1. The largest absolute Gasteiger partial charge is 0.350 e. The van der Waals surface area contributed by atoms with Crippen molar-refractivity contribution >= 4 is 29.4 Å². The Bertz CT molecular complexity index is 538. The van der Waals surface area contributed by atoms with Crippen molar-refractivity contribution in [2.45, 2.75) is 43.2 Å². The molecule has 0 atom stereocenters. The SMILES string of the molecule is CCSc1ccc(C(=O)NCC2(N3CCSCC3)CCCC2)cn1. The molecule has 0 aromatic carbocycles. The summed E-state index contributed by atoms with van der Waals surface area (Å²) in [5.41, 5.74) is 0.847. The quantitative estimate of drug-likeness (QED) is 0.784. The Hall–Kier alpha value is -0.720. The second kappa shape index (κ2) is 8.59. The van der Waals surface area contributed by atoms with Crippen LogP contribution < -0.4 is 5.32 Å². The zero-order valence-electron chi connectivity index (χ0n) is 14.4. The number of hydrogen-bond acceptors (Lipinski definition) is 5. The van der Waals surface area contributed by atoms with Crippen LogP contribution >= 0.6 is 23.5 Å². The summed E-state index contributed by atoms with van der Waals surface area (Å²) < 4.78 is 0. The molecular weight excluding hydrogens is 338 g/mol. The second-order valence-electron chi connectivity index (χ2n) is 6.53. The van der Waals surface area contributed by atoms with Gasteiger partial charge in [-0.25, -0.2) is 4.98 Å². The van der Waals surface area contributed by atoms with Gasteiger partial charge < -0.3 is 5.32 Å². The van der Waals surface area contributed by atoms with Gasteiger partial charge in [-0.2, -0.15) is 11.8 Å². The molecule has 1 aliphatic heterocycles. The van der Waals surface area contributed by atoms with E-state index in [0.717, 1.165) is 30.4 Å². The third-order valence-electron chi connectivity index (χ3n) is 5.08. The lowest BCUT2D eigenvalue weighted by Gasteiger charge is -2.43. The number of rotatable bonds is 6. The van der Waals surface area contributed by atoms with E-state index in [1.54, 1.807) is 18.0 Å². The fraction of sp³-hybridized carbons (Fsp3) is 0.667. The molecule has 0 unspecified atom stereocenters. The molecule has 1 aliphatic carbocycles. The maximum Gasteiger partial charge on any atom is 0.252 e. The first-order chi connectivity index (χ1) is 11.7. The number of aromatic nitrogens is 1. The molecule has 1 aromatic rings. The molecule has 132 valence electrons. The molecule has 0 bridgehead atoms. The van der Waals surface area contributed by atoms with Crippen molar-refractivity contribution in [1.29, 1.82) is 0 Å². The molecule has 1 N–H and O–H groups in total. The lowest BCUT2D eigenvalue weighted by atomic mass is 9.94. The summed E-state index contributed by atoms with van der Waals surface area (Å²) in [6, 6.07) is 3.83. The van der Waals surface area contributed by atoms with Crippen molar-refractivity contribution in [3.8, 4) is 0 Å². The Morgan fingerprint density at radius 3 is 2.71 bits per heavy atom. The highest BCUT2D eigenvalue weighted by atomic mass is 32.2. The molecule has 1 saturated heterocycles. The van der Waals surface area contributed by atoms with Gasteiger partial charge in [0.25, 0.3) is 5.91 Å². The summed E-state index contributed by atoms with van der Waals surface area (Å²) >= 11 is 3.74. The molecule has 4 nitrogen and oxygen atoms in total. The van der Waals surface area contributed by atoms with Gasteiger partial charge in [0.2, 0.25) is 0 Å². The van der Waals surface area contributed by atoms with Crippen LogP contribution in [-0.4, -0.2) is 58.2 Å². The van der Waals surface area contributed by atoms with Gasteiger partial charge in [-0.3, -0.25) is 9.69 Å². The summed E-state index contributed by atoms with van der Waals surface area (Å²) in [5.74, 6) is 3.44. The van der Waals surface area contributed by atoms with E-state index in [4.69, 9.17) is 0 Å². The van der Waals surface area contributed by atoms with Gasteiger partial charge in [-0.05, 0) is 30.7 Å². The standard InChI is InChI=1S/C18H27N3OS2/c1-2-24-16-6-5-15(13-19-16)17(22)20-14-18(7-3-4-8-18)21-9-11-23-12-10-21/h5-6,13H,2-4,7-12,14H2,1H3,(H,20,22). The van der Waals surface area contributed by atoms with Crippen molar-refractivity contribution < 1.29 is 4.79 Å². The summed E-state index contributed by atoms with van der Waals surface area (Å²) in [7, 11) is 0. The molecule has 2 heterocycles. The number of pyridine rings is 1. The van der Waals surface area contributed by atoms with E-state index in [1.165, 1.54) is 37.2 Å². The molecule has 0 radical (unpaired) electrons. The minimum atomic E-state index is 0.00760. The highest BCUT2D eigenvalue weighted by Crippen LogP contribution is 2.36. The predicted molar refractivity (Wildman–Crippen MR) is 103 cm³/mol. The summed E-state index contributed by atoms with van der Waals surface area (Å²) in [6.45, 7) is 5.19. The Balaban J connectivity index is 1.60. The van der Waals surface area contributed by atoms with Crippen molar-refractivity contribution in [2.75, 3.05) is 36.9 Å². The van der Waals surface area contributed by atoms with E-state index in [9.17, 15) is 4.79 Å². The first-order valence-corrected chi connectivity index (χ1v) is 11.1. The number of carbonyl (C=O) groups excluding carboxylic acids is 1. The fourth-order valence-electron chi connectivity index (χ4n) is 3.77. The molecule has 3 rings (SSSR count). The normalized spacial score (nSPS) is 20.9. The van der Waals surface area contributed by atoms with E-state index in [0.29, 0.717) is 5.56 Å². The lowest BCUT2D eigenvalue weighted by Crippen LogP contribution is -2.56. The Kier molecular flexibility index (Phi) is 6.47. The van der Waals surface area contributed by atoms with E-state index < -0.39 is 0 Å². The van der Waals surface area contributed by atoms with E-state index in [1.807, 2.05) is 23.9 Å². The van der Waals surface area contributed by atoms with Crippen LogP contribution in [0.4, 0.5) is 0 Å². The van der Waals surface area contributed by atoms with Crippen molar-refractivity contribution in [3.63, 3.8) is 0 Å². The smallest absolute Gasteiger partial charge is 0.252 e. The topological polar surface area (TPSA) is 45.2 Å². The maximum atomic E-state index is 12.5.